The average Bonchev–Trinajstić information content (AvgIpc) is 3.08. The van der Waals surface area contributed by atoms with Gasteiger partial charge < -0.3 is 14.7 Å². The summed E-state index contributed by atoms with van der Waals surface area (Å²) in [5.74, 6) is -2.09. The third-order valence-corrected chi connectivity index (χ3v) is 7.00. The fraction of sp³-hybridized carbons (Fsp3) is 0.632. The molecule has 2 saturated heterocycles. The van der Waals surface area contributed by atoms with E-state index >= 15 is 0 Å². The molecule has 1 atom stereocenters. The van der Waals surface area contributed by atoms with Crippen LogP contribution in [-0.4, -0.2) is 68.4 Å². The summed E-state index contributed by atoms with van der Waals surface area (Å²) in [5, 5.41) is 7.12. The molecule has 3 aliphatic rings. The van der Waals surface area contributed by atoms with Crippen molar-refractivity contribution in [3.05, 3.63) is 30.1 Å². The molecule has 11 heteroatoms. The van der Waals surface area contributed by atoms with Gasteiger partial charge in [-0.15, -0.1) is 11.8 Å². The summed E-state index contributed by atoms with van der Waals surface area (Å²) in [4.78, 5) is 26.8. The number of carbonyl (C=O) groups excluding carboxylic acids is 1. The summed E-state index contributed by atoms with van der Waals surface area (Å²) in [5.41, 5.74) is -0.428. The highest BCUT2D eigenvalue weighted by Gasteiger charge is 2.56. The molecule has 1 saturated carbocycles. The first-order valence-corrected chi connectivity index (χ1v) is 10.4. The Bertz CT molecular complexity index is 768. The van der Waals surface area contributed by atoms with E-state index in [1.165, 1.54) is 0 Å². The molecule has 1 aromatic rings. The number of pyridine rings is 1. The Kier molecular flexibility index (Phi) is 6.61. The quantitative estimate of drug-likeness (QED) is 0.710. The molecule has 1 amide bonds. The van der Waals surface area contributed by atoms with Crippen LogP contribution < -0.4 is 0 Å². The fourth-order valence-corrected chi connectivity index (χ4v) is 5.15. The summed E-state index contributed by atoms with van der Waals surface area (Å²) in [7, 11) is 0. The van der Waals surface area contributed by atoms with Gasteiger partial charge in [0.2, 0.25) is 0 Å². The first-order valence-electron chi connectivity index (χ1n) is 9.46. The van der Waals surface area contributed by atoms with Gasteiger partial charge in [-0.05, 0) is 43.4 Å². The lowest BCUT2D eigenvalue weighted by atomic mass is 9.79. The van der Waals surface area contributed by atoms with E-state index in [2.05, 4.69) is 4.98 Å². The number of carboxylic acids is 1. The van der Waals surface area contributed by atoms with Crippen molar-refractivity contribution in [1.82, 2.24) is 9.88 Å². The molecule has 1 aliphatic carbocycles. The van der Waals surface area contributed by atoms with E-state index in [9.17, 15) is 22.4 Å². The highest BCUT2D eigenvalue weighted by Crippen LogP contribution is 2.48. The van der Waals surface area contributed by atoms with Gasteiger partial charge >= 0.3 is 12.1 Å². The second-order valence-corrected chi connectivity index (χ2v) is 9.26. The average molecular weight is 450 g/mol. The fourth-order valence-electron chi connectivity index (χ4n) is 3.60. The van der Waals surface area contributed by atoms with Gasteiger partial charge in [-0.2, -0.15) is 13.2 Å². The number of rotatable bonds is 4. The number of carboxylic acid groups (broad SMARTS) is 1. The second kappa shape index (κ2) is 8.70. The molecular weight excluding hydrogens is 428 g/mol. The lowest BCUT2D eigenvalue weighted by molar-refractivity contribution is -0.192. The monoisotopic (exact) mass is 450 g/mol. The maximum absolute atomic E-state index is 14.2. The van der Waals surface area contributed by atoms with Crippen molar-refractivity contribution in [2.75, 3.05) is 18.8 Å². The van der Waals surface area contributed by atoms with Gasteiger partial charge in [-0.1, -0.05) is 0 Å². The van der Waals surface area contributed by atoms with Crippen LogP contribution >= 0.6 is 11.8 Å². The minimum Gasteiger partial charge on any atom is -0.475 e. The van der Waals surface area contributed by atoms with E-state index in [1.54, 1.807) is 17.3 Å². The van der Waals surface area contributed by atoms with Gasteiger partial charge in [0.15, 0.2) is 5.67 Å². The van der Waals surface area contributed by atoms with E-state index < -0.39 is 17.8 Å². The Hall–Kier alpha value is -1.88. The number of likely N-dealkylation sites (tertiary alicyclic amines) is 1. The van der Waals surface area contributed by atoms with Crippen molar-refractivity contribution in [2.24, 2.45) is 0 Å². The molecule has 1 spiro atoms. The smallest absolute Gasteiger partial charge is 0.475 e. The van der Waals surface area contributed by atoms with Gasteiger partial charge in [0.05, 0.1) is 17.5 Å². The molecule has 166 valence electrons. The van der Waals surface area contributed by atoms with E-state index in [-0.39, 0.29) is 16.8 Å². The van der Waals surface area contributed by atoms with Crippen molar-refractivity contribution in [3.63, 3.8) is 0 Å². The molecule has 0 aromatic carbocycles. The van der Waals surface area contributed by atoms with E-state index in [0.717, 1.165) is 24.2 Å². The Balaban J connectivity index is 0.000000318. The minimum atomic E-state index is -5.08. The van der Waals surface area contributed by atoms with Crippen LogP contribution in [0.15, 0.2) is 24.5 Å². The van der Waals surface area contributed by atoms with Crippen molar-refractivity contribution in [1.29, 1.82) is 0 Å². The van der Waals surface area contributed by atoms with Crippen LogP contribution in [-0.2, 0) is 20.9 Å². The number of alkyl halides is 4. The third kappa shape index (κ3) is 5.23. The number of nitrogens with zero attached hydrogens (tertiary/aromatic N) is 2. The Morgan fingerprint density at radius 3 is 2.37 bits per heavy atom. The lowest BCUT2D eigenvalue weighted by Crippen LogP contribution is -2.65. The number of ether oxygens (including phenoxy) is 1. The number of aliphatic carboxylic acids is 1. The predicted octanol–water partition coefficient (Wildman–Crippen LogP) is 3.21. The zero-order valence-electron chi connectivity index (χ0n) is 16.0. The first-order chi connectivity index (χ1) is 14.0. The maximum atomic E-state index is 14.2. The van der Waals surface area contributed by atoms with E-state index in [1.807, 2.05) is 23.9 Å². The molecule has 4 rings (SSSR count). The lowest BCUT2D eigenvalue weighted by Gasteiger charge is -2.50. The number of halogens is 4. The van der Waals surface area contributed by atoms with E-state index in [0.29, 0.717) is 32.5 Å². The van der Waals surface area contributed by atoms with E-state index in [4.69, 9.17) is 14.6 Å². The van der Waals surface area contributed by atoms with Gasteiger partial charge in [-0.3, -0.25) is 9.78 Å². The summed E-state index contributed by atoms with van der Waals surface area (Å²) in [6, 6.07) is 3.92. The van der Waals surface area contributed by atoms with Crippen LogP contribution in [0.5, 0.6) is 0 Å². The van der Waals surface area contributed by atoms with Crippen LogP contribution in [0.2, 0.25) is 0 Å². The number of aromatic nitrogens is 1. The van der Waals surface area contributed by atoms with Gasteiger partial charge in [0, 0.05) is 31.2 Å². The molecule has 0 bridgehead atoms. The molecule has 3 fully saturated rings. The topological polar surface area (TPSA) is 79.7 Å². The van der Waals surface area contributed by atoms with Crippen LogP contribution in [0.3, 0.4) is 0 Å². The minimum absolute atomic E-state index is 0.0959. The van der Waals surface area contributed by atoms with Crippen molar-refractivity contribution < 1.29 is 37.0 Å². The zero-order valence-corrected chi connectivity index (χ0v) is 16.8. The summed E-state index contributed by atoms with van der Waals surface area (Å²) >= 11 is 1.88. The zero-order chi connectivity index (χ0) is 22.0. The normalized spacial score (nSPS) is 23.7. The molecule has 1 unspecified atom stereocenters. The van der Waals surface area contributed by atoms with Crippen LogP contribution in [0.25, 0.3) is 0 Å². The van der Waals surface area contributed by atoms with Gasteiger partial charge in [0.1, 0.15) is 0 Å². The summed E-state index contributed by atoms with van der Waals surface area (Å²) in [6.07, 6.45) is 1.26. The highest BCUT2D eigenvalue weighted by molar-refractivity contribution is 8.01. The third-order valence-electron chi connectivity index (χ3n) is 5.43. The number of hydrogen-bond donors (Lipinski definition) is 1. The van der Waals surface area contributed by atoms with Gasteiger partial charge in [0.25, 0.3) is 5.91 Å². The Morgan fingerprint density at radius 1 is 1.27 bits per heavy atom. The molecule has 1 N–H and O–H groups in total. The summed E-state index contributed by atoms with van der Waals surface area (Å²) < 4.78 is 52.0. The molecule has 0 radical (unpaired) electrons. The Morgan fingerprint density at radius 2 is 1.87 bits per heavy atom. The van der Waals surface area contributed by atoms with Crippen LogP contribution in [0.1, 0.15) is 31.2 Å². The molecule has 3 heterocycles. The standard InChI is InChI=1S/C17H21FN2O2S.C2HF3O2/c18-17(4-1-5-17)15(21)20-11-16(12-20)8-14(10-23-16)22-9-13-2-6-19-7-3-13;3-2(4,5)1(6)7/h2-3,6-7,14H,1,4-5,8-12H2;(H,6,7). The number of hydrogen-bond acceptors (Lipinski definition) is 5. The SMILES string of the molecule is O=C(N1CC2(CC(OCc3ccncc3)CS2)C1)C1(F)CCC1.O=C(O)C(F)(F)F. The molecule has 30 heavy (non-hydrogen) atoms. The van der Waals surface area contributed by atoms with Gasteiger partial charge in [-0.25, -0.2) is 9.18 Å². The number of thioether (sulfide) groups is 1. The number of carbonyl (C=O) groups is 2. The predicted molar refractivity (Wildman–Crippen MR) is 101 cm³/mol. The summed E-state index contributed by atoms with van der Waals surface area (Å²) in [6.45, 7) is 1.95. The highest BCUT2D eigenvalue weighted by atomic mass is 32.2. The van der Waals surface area contributed by atoms with Crippen LogP contribution in [0, 0.1) is 0 Å². The second-order valence-electron chi connectivity index (χ2n) is 7.77. The molecule has 2 aliphatic heterocycles. The Labute approximate surface area is 175 Å². The molecular formula is C19H22F4N2O4S. The van der Waals surface area contributed by atoms with Crippen molar-refractivity contribution in [3.8, 4) is 0 Å². The van der Waals surface area contributed by atoms with Crippen LogP contribution in [0.4, 0.5) is 17.6 Å². The number of amides is 1. The maximum Gasteiger partial charge on any atom is 0.490 e. The largest absolute Gasteiger partial charge is 0.490 e. The molecule has 6 nitrogen and oxygen atoms in total. The van der Waals surface area contributed by atoms with Crippen molar-refractivity contribution in [2.45, 2.75) is 55.0 Å². The molecule has 1 aromatic heterocycles. The van der Waals surface area contributed by atoms with Crippen molar-refractivity contribution >= 4 is 23.6 Å². The first kappa shape index (κ1) is 22.8.